The minimum absolute atomic E-state index is 0. The van der Waals surface area contributed by atoms with Crippen LogP contribution in [0.3, 0.4) is 0 Å². The van der Waals surface area contributed by atoms with Crippen LogP contribution in [0.5, 0.6) is 5.75 Å². The average molecular weight is 477 g/mol. The normalized spacial score (nSPS) is 11.4. The molecule has 3 aromatic carbocycles. The molecule has 0 radical (unpaired) electrons. The zero-order valence-corrected chi connectivity index (χ0v) is 19.0. The van der Waals surface area contributed by atoms with Gasteiger partial charge in [0, 0.05) is 16.8 Å². The van der Waals surface area contributed by atoms with Crippen LogP contribution in [0.4, 0.5) is 22.7 Å². The maximum absolute atomic E-state index is 11.4. The maximum Gasteiger partial charge on any atom is 1.00 e. The molecule has 3 rings (SSSR count). The molecule has 15 heteroatoms. The third kappa shape index (κ3) is 5.15. The molecule has 0 spiro atoms. The van der Waals surface area contributed by atoms with Gasteiger partial charge in [-0.2, -0.15) is 8.42 Å². The summed E-state index contributed by atoms with van der Waals surface area (Å²) in [7, 11) is -4.56. The van der Waals surface area contributed by atoms with E-state index in [2.05, 4.69) is 10.2 Å². The predicted octanol–water partition coefficient (Wildman–Crippen LogP) is 1.79. The van der Waals surface area contributed by atoms with Gasteiger partial charge < -0.3 is 6.53 Å². The van der Waals surface area contributed by atoms with Gasteiger partial charge in [0.1, 0.15) is 5.75 Å². The summed E-state index contributed by atoms with van der Waals surface area (Å²) < 4.78 is 32.0. The molecule has 0 heterocycles. The van der Waals surface area contributed by atoms with Gasteiger partial charge in [-0.25, -0.2) is 0 Å². The first-order valence-corrected chi connectivity index (χ1v) is 9.58. The van der Waals surface area contributed by atoms with Crippen molar-refractivity contribution >= 4 is 55.2 Å². The number of nitrogens with zero attached hydrogens (tertiary/aromatic N) is 4. The molecule has 156 valence electrons. The van der Waals surface area contributed by atoms with Crippen LogP contribution in [-0.2, 0) is 10.1 Å². The smallest absolute Gasteiger partial charge is 1.00 e. The van der Waals surface area contributed by atoms with Crippen LogP contribution >= 0.6 is 11.6 Å². The van der Waals surface area contributed by atoms with E-state index in [1.807, 2.05) is 0 Å². The fourth-order valence-electron chi connectivity index (χ4n) is 2.56. The summed E-state index contributed by atoms with van der Waals surface area (Å²) in [6.45, 7) is 0. The number of halogens is 1. The molecule has 0 fully saturated rings. The van der Waals surface area contributed by atoms with E-state index in [-0.39, 0.29) is 53.2 Å². The molecule has 0 amide bonds. The Labute approximate surface area is 202 Å². The van der Waals surface area contributed by atoms with Gasteiger partial charge in [-0.1, -0.05) is 11.6 Å². The summed E-state index contributed by atoms with van der Waals surface area (Å²) in [6, 6.07) is 7.35. The quantitative estimate of drug-likeness (QED) is 0.183. The van der Waals surface area contributed by atoms with Crippen molar-refractivity contribution in [1.82, 2.24) is 0 Å². The fraction of sp³-hybridized carbons (Fsp3) is 0. The number of phenols is 1. The number of rotatable bonds is 5. The number of hydrogen-bond donors (Lipinski definition) is 2. The third-order valence-corrected chi connectivity index (χ3v) is 5.07. The minimum Gasteiger partial charge on any atom is -1.00 e. The van der Waals surface area contributed by atoms with E-state index < -0.39 is 46.9 Å². The van der Waals surface area contributed by atoms with E-state index >= 15 is 0 Å². The molecular weight excluding hydrogens is 467 g/mol. The molecule has 0 aliphatic heterocycles. The van der Waals surface area contributed by atoms with Crippen molar-refractivity contribution in [2.75, 3.05) is 0 Å². The molecule has 0 aromatic heterocycles. The van der Waals surface area contributed by atoms with Gasteiger partial charge in [0.05, 0.1) is 31.5 Å². The Bertz CT molecular complexity index is 1370. The molecule has 0 atom stereocenters. The Kier molecular flexibility index (Phi) is 7.31. The topological polar surface area (TPSA) is 186 Å². The first-order chi connectivity index (χ1) is 14.0. The second-order valence-corrected chi connectivity index (χ2v) is 7.62. The maximum atomic E-state index is 11.4. The van der Waals surface area contributed by atoms with Crippen LogP contribution in [0, 0.1) is 20.2 Å². The Balaban J connectivity index is 0.00000256. The molecular formula is C16H10ClN4NaO8S. The SMILES string of the molecule is O=[N+]([O-])c1cc(Cl)c(N=Nc2ccc(O)c3ccc(S(=O)(=O)O)cc23)c([N+](=O)[O-])c1.[H-].[Na+]. The standard InChI is InChI=1S/C16H9ClN4O8S.Na.H/c17-12-5-8(20(23)24)6-14(21(25)26)16(12)19-18-13-3-4-15(22)10-2-1-9(7-11(10)13)30(27,28)29;;/h1-7,22H,(H,27,28,29);;/q;+1;-1. The second-order valence-electron chi connectivity index (χ2n) is 5.80. The number of hydrogen-bond acceptors (Lipinski definition) is 9. The molecule has 3 aromatic rings. The summed E-state index contributed by atoms with van der Waals surface area (Å²) >= 11 is 5.90. The van der Waals surface area contributed by atoms with Crippen molar-refractivity contribution in [2.24, 2.45) is 10.2 Å². The molecule has 31 heavy (non-hydrogen) atoms. The average Bonchev–Trinajstić information content (AvgIpc) is 2.66. The first-order valence-electron chi connectivity index (χ1n) is 7.76. The van der Waals surface area contributed by atoms with Crippen molar-refractivity contribution in [2.45, 2.75) is 4.90 Å². The number of nitro groups is 2. The van der Waals surface area contributed by atoms with E-state index in [1.165, 1.54) is 18.2 Å². The Morgan fingerprint density at radius 3 is 2.23 bits per heavy atom. The number of benzene rings is 3. The number of non-ortho nitro benzene ring substituents is 1. The van der Waals surface area contributed by atoms with Gasteiger partial charge in [-0.15, -0.1) is 10.2 Å². The number of phenolic OH excluding ortho intramolecular Hbond substituents is 1. The van der Waals surface area contributed by atoms with Gasteiger partial charge in [0.15, 0.2) is 5.69 Å². The summed E-state index contributed by atoms with van der Waals surface area (Å²) in [5, 5.41) is 39.5. The Hall–Kier alpha value is -2.68. The van der Waals surface area contributed by atoms with Crippen molar-refractivity contribution in [3.8, 4) is 5.75 Å². The summed E-state index contributed by atoms with van der Waals surface area (Å²) in [5.74, 6) is -0.217. The van der Waals surface area contributed by atoms with Gasteiger partial charge in [-0.05, 0) is 30.3 Å². The van der Waals surface area contributed by atoms with E-state index in [1.54, 1.807) is 0 Å². The molecule has 0 aliphatic carbocycles. The third-order valence-electron chi connectivity index (χ3n) is 3.93. The summed E-state index contributed by atoms with van der Waals surface area (Å²) in [4.78, 5) is 19.9. The number of fused-ring (bicyclic) bond motifs is 1. The van der Waals surface area contributed by atoms with Crippen LogP contribution in [0.15, 0.2) is 57.6 Å². The van der Waals surface area contributed by atoms with Crippen molar-refractivity contribution in [3.05, 3.63) is 67.7 Å². The second kappa shape index (κ2) is 9.21. The molecule has 12 nitrogen and oxygen atoms in total. The predicted molar refractivity (Wildman–Crippen MR) is 105 cm³/mol. The van der Waals surface area contributed by atoms with E-state index in [4.69, 9.17) is 11.6 Å². The van der Waals surface area contributed by atoms with Crippen molar-refractivity contribution in [3.63, 3.8) is 0 Å². The largest absolute Gasteiger partial charge is 1.00 e. The molecule has 0 unspecified atom stereocenters. The molecule has 0 aliphatic rings. The van der Waals surface area contributed by atoms with Crippen LogP contribution in [0.2, 0.25) is 5.02 Å². The zero-order valence-electron chi connectivity index (χ0n) is 16.5. The van der Waals surface area contributed by atoms with E-state index in [0.717, 1.165) is 18.2 Å². The van der Waals surface area contributed by atoms with Crippen LogP contribution in [-0.4, -0.2) is 27.9 Å². The Morgan fingerprint density at radius 2 is 1.65 bits per heavy atom. The summed E-state index contributed by atoms with van der Waals surface area (Å²) in [5.41, 5.74) is -1.85. The van der Waals surface area contributed by atoms with Crippen molar-refractivity contribution < 1.29 is 58.9 Å². The summed E-state index contributed by atoms with van der Waals surface area (Å²) in [6.07, 6.45) is 0. The molecule has 0 bridgehead atoms. The molecule has 0 saturated carbocycles. The van der Waals surface area contributed by atoms with Crippen molar-refractivity contribution in [1.29, 1.82) is 0 Å². The van der Waals surface area contributed by atoms with Gasteiger partial charge in [-0.3, -0.25) is 24.8 Å². The number of nitro benzene ring substituents is 2. The van der Waals surface area contributed by atoms with Crippen LogP contribution < -0.4 is 29.6 Å². The van der Waals surface area contributed by atoms with Crippen LogP contribution in [0.25, 0.3) is 10.8 Å². The Morgan fingerprint density at radius 1 is 0.968 bits per heavy atom. The van der Waals surface area contributed by atoms with Gasteiger partial charge in [0.2, 0.25) is 0 Å². The van der Waals surface area contributed by atoms with E-state index in [0.29, 0.717) is 6.07 Å². The molecule has 2 N–H and O–H groups in total. The molecule has 0 saturated heterocycles. The van der Waals surface area contributed by atoms with E-state index in [9.17, 15) is 38.3 Å². The monoisotopic (exact) mass is 476 g/mol. The number of azo groups is 1. The minimum atomic E-state index is -4.56. The zero-order chi connectivity index (χ0) is 22.2. The van der Waals surface area contributed by atoms with Crippen LogP contribution in [0.1, 0.15) is 1.43 Å². The van der Waals surface area contributed by atoms with Gasteiger partial charge in [0.25, 0.3) is 15.8 Å². The van der Waals surface area contributed by atoms with Gasteiger partial charge >= 0.3 is 35.2 Å². The first kappa shape index (κ1) is 24.6. The fourth-order valence-corrected chi connectivity index (χ4v) is 3.31. The number of aromatic hydroxyl groups is 1.